The molecule has 1 saturated heterocycles. The Hall–Kier alpha value is -1.34. The number of rotatable bonds is 4. The van der Waals surface area contributed by atoms with E-state index in [0.29, 0.717) is 19.5 Å². The molecule has 24 heavy (non-hydrogen) atoms. The van der Waals surface area contributed by atoms with Gasteiger partial charge < -0.3 is 10.4 Å². The highest BCUT2D eigenvalue weighted by Gasteiger charge is 2.31. The summed E-state index contributed by atoms with van der Waals surface area (Å²) in [6.45, 7) is 2.75. The van der Waals surface area contributed by atoms with E-state index in [0.717, 1.165) is 32.1 Å². The summed E-state index contributed by atoms with van der Waals surface area (Å²) in [4.78, 5) is 37.1. The number of amides is 3. The molecule has 1 saturated carbocycles. The average Bonchev–Trinajstić information content (AvgIpc) is 2.55. The fourth-order valence-electron chi connectivity index (χ4n) is 3.41. The molecule has 2 fully saturated rings. The van der Waals surface area contributed by atoms with E-state index in [4.69, 9.17) is 5.11 Å². The summed E-state index contributed by atoms with van der Waals surface area (Å²) in [6, 6.07) is -0.798. The summed E-state index contributed by atoms with van der Waals surface area (Å²) in [5, 5.41) is 14.4. The van der Waals surface area contributed by atoms with Gasteiger partial charge in [-0.15, -0.1) is 12.4 Å². The number of carbonyl (C=O) groups excluding carboxylic acids is 2. The Bertz CT molecular complexity index is 455. The van der Waals surface area contributed by atoms with Gasteiger partial charge in [-0.3, -0.25) is 19.8 Å². The SMILES string of the molecule is CC(C(=O)NC(=O)NC1CCCCC1)N1CCCC(C(=O)O)C1.Cl. The molecule has 1 heterocycles. The summed E-state index contributed by atoms with van der Waals surface area (Å²) in [7, 11) is 0. The molecular weight excluding hydrogens is 334 g/mol. The number of carboxylic acid groups (broad SMARTS) is 1. The first-order valence-electron chi connectivity index (χ1n) is 8.55. The van der Waals surface area contributed by atoms with Crippen molar-refractivity contribution < 1.29 is 19.5 Å². The minimum absolute atomic E-state index is 0. The number of urea groups is 1. The molecule has 7 nitrogen and oxygen atoms in total. The number of hydrogen-bond donors (Lipinski definition) is 3. The van der Waals surface area contributed by atoms with E-state index in [2.05, 4.69) is 10.6 Å². The molecule has 3 N–H and O–H groups in total. The summed E-state index contributed by atoms with van der Waals surface area (Å²) in [5.41, 5.74) is 0. The van der Waals surface area contributed by atoms with E-state index in [-0.39, 0.29) is 24.4 Å². The molecule has 1 aliphatic heterocycles. The maximum Gasteiger partial charge on any atom is 0.321 e. The minimum Gasteiger partial charge on any atom is -0.481 e. The van der Waals surface area contributed by atoms with Gasteiger partial charge in [0.2, 0.25) is 5.91 Å². The quantitative estimate of drug-likeness (QED) is 0.708. The number of nitrogens with one attached hydrogen (secondary N) is 2. The Balaban J connectivity index is 0.00000288. The van der Waals surface area contributed by atoms with Crippen molar-refractivity contribution in [2.75, 3.05) is 13.1 Å². The van der Waals surface area contributed by atoms with Gasteiger partial charge in [-0.25, -0.2) is 4.79 Å². The van der Waals surface area contributed by atoms with Gasteiger partial charge in [-0.05, 0) is 39.2 Å². The van der Waals surface area contributed by atoms with Crippen LogP contribution in [0.25, 0.3) is 0 Å². The van der Waals surface area contributed by atoms with Crippen LogP contribution < -0.4 is 10.6 Å². The average molecular weight is 362 g/mol. The van der Waals surface area contributed by atoms with Crippen LogP contribution in [0.4, 0.5) is 4.79 Å². The minimum atomic E-state index is -0.822. The van der Waals surface area contributed by atoms with Crippen molar-refractivity contribution in [3.63, 3.8) is 0 Å². The van der Waals surface area contributed by atoms with Gasteiger partial charge in [0.25, 0.3) is 0 Å². The second-order valence-electron chi connectivity index (χ2n) is 6.65. The van der Waals surface area contributed by atoms with Crippen LogP contribution in [0.1, 0.15) is 51.9 Å². The van der Waals surface area contributed by atoms with Crippen molar-refractivity contribution in [3.8, 4) is 0 Å². The summed E-state index contributed by atoms with van der Waals surface area (Å²) in [6.07, 6.45) is 6.74. The largest absolute Gasteiger partial charge is 0.481 e. The number of hydrogen-bond acceptors (Lipinski definition) is 4. The Kier molecular flexibility index (Phi) is 8.48. The van der Waals surface area contributed by atoms with Crippen LogP contribution in [0.5, 0.6) is 0 Å². The lowest BCUT2D eigenvalue weighted by Gasteiger charge is -2.34. The van der Waals surface area contributed by atoms with Crippen molar-refractivity contribution in [2.45, 2.75) is 64.0 Å². The molecule has 138 valence electrons. The molecule has 0 spiro atoms. The lowest BCUT2D eigenvalue weighted by molar-refractivity contribution is -0.144. The van der Waals surface area contributed by atoms with Gasteiger partial charge in [0.15, 0.2) is 0 Å². The Morgan fingerprint density at radius 2 is 1.75 bits per heavy atom. The molecule has 1 aliphatic carbocycles. The molecular formula is C16H28ClN3O4. The Labute approximate surface area is 148 Å². The van der Waals surface area contributed by atoms with Gasteiger partial charge >= 0.3 is 12.0 Å². The highest BCUT2D eigenvalue weighted by Crippen LogP contribution is 2.19. The Morgan fingerprint density at radius 3 is 2.38 bits per heavy atom. The molecule has 3 amide bonds. The zero-order valence-corrected chi connectivity index (χ0v) is 14.9. The van der Waals surface area contributed by atoms with Crippen LogP contribution >= 0.6 is 12.4 Å². The maximum atomic E-state index is 12.2. The second kappa shape index (κ2) is 9.84. The highest BCUT2D eigenvalue weighted by atomic mass is 35.5. The molecule has 0 aromatic heterocycles. The smallest absolute Gasteiger partial charge is 0.321 e. The number of nitrogens with zero attached hydrogens (tertiary/aromatic N) is 1. The number of piperidine rings is 1. The summed E-state index contributed by atoms with van der Waals surface area (Å²) < 4.78 is 0. The first kappa shape index (κ1) is 20.7. The van der Waals surface area contributed by atoms with Crippen LogP contribution in [0.15, 0.2) is 0 Å². The fraction of sp³-hybridized carbons (Fsp3) is 0.812. The van der Waals surface area contributed by atoms with E-state index in [1.807, 2.05) is 4.90 Å². The van der Waals surface area contributed by atoms with Gasteiger partial charge in [0.1, 0.15) is 0 Å². The third kappa shape index (κ3) is 5.94. The third-order valence-corrected chi connectivity index (χ3v) is 4.91. The molecule has 2 rings (SSSR count). The molecule has 2 unspecified atom stereocenters. The van der Waals surface area contributed by atoms with E-state index in [1.54, 1.807) is 6.92 Å². The highest BCUT2D eigenvalue weighted by molar-refractivity contribution is 5.96. The Morgan fingerprint density at radius 1 is 1.08 bits per heavy atom. The van der Waals surface area contributed by atoms with Crippen LogP contribution in [-0.2, 0) is 9.59 Å². The predicted molar refractivity (Wildman–Crippen MR) is 92.2 cm³/mol. The van der Waals surface area contributed by atoms with Crippen molar-refractivity contribution in [3.05, 3.63) is 0 Å². The third-order valence-electron chi connectivity index (χ3n) is 4.91. The number of halogens is 1. The van der Waals surface area contributed by atoms with Crippen molar-refractivity contribution in [1.82, 2.24) is 15.5 Å². The molecule has 2 atom stereocenters. The number of likely N-dealkylation sites (tertiary alicyclic amines) is 1. The lowest BCUT2D eigenvalue weighted by atomic mass is 9.96. The van der Waals surface area contributed by atoms with Crippen molar-refractivity contribution >= 4 is 30.3 Å². The number of imide groups is 1. The second-order valence-corrected chi connectivity index (χ2v) is 6.65. The van der Waals surface area contributed by atoms with Gasteiger partial charge in [-0.2, -0.15) is 0 Å². The van der Waals surface area contributed by atoms with Gasteiger partial charge in [-0.1, -0.05) is 19.3 Å². The first-order chi connectivity index (χ1) is 11.0. The van der Waals surface area contributed by atoms with Crippen molar-refractivity contribution in [1.29, 1.82) is 0 Å². The number of carbonyl (C=O) groups is 3. The monoisotopic (exact) mass is 361 g/mol. The van der Waals surface area contributed by atoms with Crippen molar-refractivity contribution in [2.24, 2.45) is 5.92 Å². The number of carboxylic acids is 1. The van der Waals surface area contributed by atoms with Gasteiger partial charge in [0, 0.05) is 12.6 Å². The zero-order chi connectivity index (χ0) is 16.8. The van der Waals surface area contributed by atoms with Crippen LogP contribution in [0.2, 0.25) is 0 Å². The lowest BCUT2D eigenvalue weighted by Crippen LogP contribution is -2.53. The van der Waals surface area contributed by atoms with E-state index >= 15 is 0 Å². The predicted octanol–water partition coefficient (Wildman–Crippen LogP) is 1.75. The van der Waals surface area contributed by atoms with Crippen LogP contribution in [-0.4, -0.2) is 53.1 Å². The topological polar surface area (TPSA) is 98.7 Å². The summed E-state index contributed by atoms with van der Waals surface area (Å²) in [5.74, 6) is -1.63. The van der Waals surface area contributed by atoms with Crippen LogP contribution in [0.3, 0.4) is 0 Å². The molecule has 8 heteroatoms. The van der Waals surface area contributed by atoms with Gasteiger partial charge in [0.05, 0.1) is 12.0 Å². The maximum absolute atomic E-state index is 12.2. The zero-order valence-electron chi connectivity index (χ0n) is 14.1. The molecule has 0 aromatic carbocycles. The van der Waals surface area contributed by atoms with E-state index in [9.17, 15) is 14.4 Å². The molecule has 0 bridgehead atoms. The van der Waals surface area contributed by atoms with E-state index in [1.165, 1.54) is 6.42 Å². The molecule has 0 aromatic rings. The molecule has 0 radical (unpaired) electrons. The fourth-order valence-corrected chi connectivity index (χ4v) is 3.41. The first-order valence-corrected chi connectivity index (χ1v) is 8.55. The standard InChI is InChI=1S/C16H27N3O4.ClH/c1-11(19-9-5-6-12(10-19)15(21)22)14(20)18-16(23)17-13-7-3-2-4-8-13;/h11-13H,2-10H2,1H3,(H,21,22)(H2,17,18,20,23);1H. The number of aliphatic carboxylic acids is 1. The molecule has 2 aliphatic rings. The van der Waals surface area contributed by atoms with E-state index < -0.39 is 24.0 Å². The normalized spacial score (nSPS) is 23.6. The summed E-state index contributed by atoms with van der Waals surface area (Å²) >= 11 is 0. The van der Waals surface area contributed by atoms with Crippen LogP contribution in [0, 0.1) is 5.92 Å².